The molecule has 5 nitrogen and oxygen atoms in total. The van der Waals surface area contributed by atoms with Gasteiger partial charge in [0.25, 0.3) is 0 Å². The summed E-state index contributed by atoms with van der Waals surface area (Å²) in [7, 11) is 1.65. The minimum Gasteiger partial charge on any atom is -0.497 e. The Morgan fingerprint density at radius 2 is 1.78 bits per heavy atom. The van der Waals surface area contributed by atoms with Crippen LogP contribution in [0.15, 0.2) is 53.5 Å². The molecule has 3 N–H and O–H groups in total. The quantitative estimate of drug-likeness (QED) is 0.599. The van der Waals surface area contributed by atoms with Crippen LogP contribution in [0, 0.1) is 0 Å². The number of rotatable bonds is 6. The molecule has 0 aliphatic carbocycles. The number of likely N-dealkylation sites (tertiary alicyclic amines) is 1. The third kappa shape index (κ3) is 6.00. The predicted octanol–water partition coefficient (Wildman–Crippen LogP) is 4.00. The van der Waals surface area contributed by atoms with Gasteiger partial charge in [0.05, 0.1) is 13.7 Å². The Bertz CT molecular complexity index is 751. The van der Waals surface area contributed by atoms with Gasteiger partial charge in [-0.05, 0) is 49.2 Å². The zero-order chi connectivity index (χ0) is 18.9. The van der Waals surface area contributed by atoms with Crippen molar-refractivity contribution < 1.29 is 4.74 Å². The highest BCUT2D eigenvalue weighted by molar-refractivity contribution is 5.92. The Morgan fingerprint density at radius 1 is 1.04 bits per heavy atom. The molecule has 3 rings (SSSR count). The summed E-state index contributed by atoms with van der Waals surface area (Å²) in [5.41, 5.74) is 9.53. The van der Waals surface area contributed by atoms with Gasteiger partial charge in [-0.15, -0.1) is 0 Å². The maximum Gasteiger partial charge on any atom is 0.193 e. The molecule has 1 aliphatic heterocycles. The number of ether oxygens (including phenoxy) is 1. The van der Waals surface area contributed by atoms with E-state index in [1.807, 2.05) is 24.3 Å². The summed E-state index contributed by atoms with van der Waals surface area (Å²) in [6, 6.07) is 16.2. The number of nitrogens with zero attached hydrogens (tertiary/aromatic N) is 2. The average Bonchev–Trinajstić information content (AvgIpc) is 2.96. The monoisotopic (exact) mass is 366 g/mol. The van der Waals surface area contributed by atoms with Crippen molar-refractivity contribution in [3.8, 4) is 5.75 Å². The van der Waals surface area contributed by atoms with E-state index in [0.29, 0.717) is 12.5 Å². The van der Waals surface area contributed by atoms with Crippen LogP contribution in [-0.2, 0) is 13.1 Å². The smallest absolute Gasteiger partial charge is 0.193 e. The number of aliphatic imine (C=N–C) groups is 1. The molecule has 5 heteroatoms. The number of hydrogen-bond acceptors (Lipinski definition) is 3. The minimum atomic E-state index is 0.410. The van der Waals surface area contributed by atoms with Crippen molar-refractivity contribution in [1.29, 1.82) is 0 Å². The number of benzene rings is 2. The molecule has 0 spiro atoms. The van der Waals surface area contributed by atoms with Crippen LogP contribution in [0.4, 0.5) is 5.69 Å². The van der Waals surface area contributed by atoms with E-state index in [9.17, 15) is 0 Å². The first-order chi connectivity index (χ1) is 13.2. The lowest BCUT2D eigenvalue weighted by molar-refractivity contribution is 0.276. The van der Waals surface area contributed by atoms with Crippen LogP contribution in [0.1, 0.15) is 36.8 Å². The van der Waals surface area contributed by atoms with Gasteiger partial charge in [-0.1, -0.05) is 43.2 Å². The van der Waals surface area contributed by atoms with Gasteiger partial charge in [0.1, 0.15) is 5.75 Å². The largest absolute Gasteiger partial charge is 0.497 e. The van der Waals surface area contributed by atoms with Gasteiger partial charge in [-0.2, -0.15) is 0 Å². The molecular formula is C22H30N4O. The molecule has 2 aromatic rings. The van der Waals surface area contributed by atoms with E-state index in [0.717, 1.165) is 18.0 Å². The summed E-state index contributed by atoms with van der Waals surface area (Å²) in [5, 5.41) is 3.13. The second-order valence-corrected chi connectivity index (χ2v) is 7.02. The molecular weight excluding hydrogens is 336 g/mol. The van der Waals surface area contributed by atoms with Gasteiger partial charge >= 0.3 is 0 Å². The van der Waals surface area contributed by atoms with Crippen LogP contribution < -0.4 is 15.8 Å². The number of anilines is 1. The van der Waals surface area contributed by atoms with Crippen molar-refractivity contribution in [2.45, 2.75) is 38.8 Å². The summed E-state index contributed by atoms with van der Waals surface area (Å²) >= 11 is 0. The Morgan fingerprint density at radius 3 is 2.52 bits per heavy atom. The molecule has 0 radical (unpaired) electrons. The summed E-state index contributed by atoms with van der Waals surface area (Å²) in [5.74, 6) is 1.20. The summed E-state index contributed by atoms with van der Waals surface area (Å²) in [6.07, 6.45) is 5.32. The first-order valence-corrected chi connectivity index (χ1v) is 9.75. The van der Waals surface area contributed by atoms with E-state index >= 15 is 0 Å². The Labute approximate surface area is 162 Å². The topological polar surface area (TPSA) is 62.9 Å². The molecule has 0 saturated carbocycles. The van der Waals surface area contributed by atoms with Gasteiger partial charge in [-0.3, -0.25) is 4.90 Å². The predicted molar refractivity (Wildman–Crippen MR) is 112 cm³/mol. The van der Waals surface area contributed by atoms with Crippen molar-refractivity contribution in [2.75, 3.05) is 25.5 Å². The molecule has 1 aliphatic rings. The van der Waals surface area contributed by atoms with Crippen LogP contribution in [0.3, 0.4) is 0 Å². The molecule has 1 saturated heterocycles. The fourth-order valence-electron chi connectivity index (χ4n) is 3.46. The SMILES string of the molecule is COc1cccc(NC(N)=NCc2ccccc2CN2CCCCCC2)c1. The van der Waals surface area contributed by atoms with Crippen molar-refractivity contribution in [3.63, 3.8) is 0 Å². The molecule has 144 valence electrons. The number of hydrogen-bond donors (Lipinski definition) is 2. The Kier molecular flexibility index (Phi) is 7.11. The van der Waals surface area contributed by atoms with Crippen molar-refractivity contribution in [1.82, 2.24) is 4.90 Å². The van der Waals surface area contributed by atoms with Crippen molar-refractivity contribution >= 4 is 11.6 Å². The van der Waals surface area contributed by atoms with Gasteiger partial charge < -0.3 is 15.8 Å². The van der Waals surface area contributed by atoms with Gasteiger partial charge in [0.15, 0.2) is 5.96 Å². The second kappa shape index (κ2) is 9.97. The first-order valence-electron chi connectivity index (χ1n) is 9.75. The fourth-order valence-corrected chi connectivity index (χ4v) is 3.46. The van der Waals surface area contributed by atoms with Crippen LogP contribution in [0.25, 0.3) is 0 Å². The summed E-state index contributed by atoms with van der Waals surface area (Å²) in [6.45, 7) is 3.95. The van der Waals surface area contributed by atoms with E-state index in [1.54, 1.807) is 7.11 Å². The normalized spacial score (nSPS) is 16.0. The van der Waals surface area contributed by atoms with E-state index in [-0.39, 0.29) is 0 Å². The lowest BCUT2D eigenvalue weighted by atomic mass is 10.1. The standard InChI is InChI=1S/C22H30N4O/c1-27-21-12-8-11-20(15-21)25-22(23)24-16-18-9-4-5-10-19(18)17-26-13-6-2-3-7-14-26/h4-5,8-12,15H,2-3,6-7,13-14,16-17H2,1H3,(H3,23,24,25). The molecule has 2 aromatic carbocycles. The van der Waals surface area contributed by atoms with Gasteiger partial charge in [-0.25, -0.2) is 4.99 Å². The lowest BCUT2D eigenvalue weighted by Crippen LogP contribution is -2.25. The van der Waals surface area contributed by atoms with E-state index in [1.165, 1.54) is 49.9 Å². The summed E-state index contributed by atoms with van der Waals surface area (Å²) in [4.78, 5) is 7.10. The molecule has 0 atom stereocenters. The lowest BCUT2D eigenvalue weighted by Gasteiger charge is -2.21. The maximum atomic E-state index is 6.09. The van der Waals surface area contributed by atoms with Crippen LogP contribution in [-0.4, -0.2) is 31.1 Å². The van der Waals surface area contributed by atoms with E-state index in [4.69, 9.17) is 10.5 Å². The van der Waals surface area contributed by atoms with E-state index < -0.39 is 0 Å². The minimum absolute atomic E-state index is 0.410. The molecule has 1 heterocycles. The third-order valence-corrected chi connectivity index (χ3v) is 4.97. The highest BCUT2D eigenvalue weighted by Gasteiger charge is 2.11. The number of guanidine groups is 1. The number of nitrogens with two attached hydrogens (primary N) is 1. The zero-order valence-corrected chi connectivity index (χ0v) is 16.2. The van der Waals surface area contributed by atoms with Crippen LogP contribution >= 0.6 is 0 Å². The third-order valence-electron chi connectivity index (χ3n) is 4.97. The highest BCUT2D eigenvalue weighted by atomic mass is 16.5. The molecule has 27 heavy (non-hydrogen) atoms. The first kappa shape index (κ1) is 19.2. The molecule has 0 unspecified atom stereocenters. The van der Waals surface area contributed by atoms with Crippen molar-refractivity contribution in [2.24, 2.45) is 10.7 Å². The number of methoxy groups -OCH3 is 1. The maximum absolute atomic E-state index is 6.09. The van der Waals surface area contributed by atoms with Crippen LogP contribution in [0.2, 0.25) is 0 Å². The second-order valence-electron chi connectivity index (χ2n) is 7.02. The van der Waals surface area contributed by atoms with Crippen LogP contribution in [0.5, 0.6) is 5.75 Å². The fraction of sp³-hybridized carbons (Fsp3) is 0.409. The number of nitrogens with one attached hydrogen (secondary N) is 1. The Balaban J connectivity index is 1.63. The zero-order valence-electron chi connectivity index (χ0n) is 16.2. The summed E-state index contributed by atoms with van der Waals surface area (Å²) < 4.78 is 5.24. The van der Waals surface area contributed by atoms with E-state index in [2.05, 4.69) is 39.5 Å². The molecule has 1 fully saturated rings. The molecule has 0 aromatic heterocycles. The molecule has 0 bridgehead atoms. The molecule has 0 amide bonds. The van der Waals surface area contributed by atoms with Crippen molar-refractivity contribution in [3.05, 3.63) is 59.7 Å². The van der Waals surface area contributed by atoms with Gasteiger partial charge in [0.2, 0.25) is 0 Å². The Hall–Kier alpha value is -2.53. The highest BCUT2D eigenvalue weighted by Crippen LogP contribution is 2.18. The van der Waals surface area contributed by atoms with Gasteiger partial charge in [0, 0.05) is 18.3 Å². The average molecular weight is 367 g/mol.